The molecular weight excluding hydrogens is 296 g/mol. The van der Waals surface area contributed by atoms with Crippen molar-refractivity contribution in [3.63, 3.8) is 0 Å². The molecule has 2 heteroatoms. The molecule has 2 aliphatic rings. The van der Waals surface area contributed by atoms with Crippen LogP contribution >= 0.6 is 0 Å². The fourth-order valence-electron chi connectivity index (χ4n) is 3.09. The number of hydrogen-bond donors (Lipinski definition) is 0. The lowest BCUT2D eigenvalue weighted by Gasteiger charge is -2.10. The molecule has 0 heterocycles. The Morgan fingerprint density at radius 3 is 1.00 bits per heavy atom. The molecule has 2 aliphatic carbocycles. The lowest BCUT2D eigenvalue weighted by molar-refractivity contribution is -0.113. The first-order valence-electron chi connectivity index (χ1n) is 8.04. The van der Waals surface area contributed by atoms with Crippen molar-refractivity contribution in [1.82, 2.24) is 0 Å². The fourth-order valence-corrected chi connectivity index (χ4v) is 3.09. The second-order valence-corrected chi connectivity index (χ2v) is 6.46. The highest BCUT2D eigenvalue weighted by Gasteiger charge is 2.14. The summed E-state index contributed by atoms with van der Waals surface area (Å²) in [7, 11) is 0. The Hall–Kier alpha value is -2.74. The van der Waals surface area contributed by atoms with Crippen molar-refractivity contribution >= 4 is 22.7 Å². The van der Waals surface area contributed by atoms with Crippen LogP contribution in [0.1, 0.15) is 27.7 Å². The van der Waals surface area contributed by atoms with Gasteiger partial charge < -0.3 is 0 Å². The van der Waals surface area contributed by atoms with Crippen LogP contribution in [0.5, 0.6) is 0 Å². The molecule has 0 spiro atoms. The zero-order valence-electron chi connectivity index (χ0n) is 14.4. The lowest BCUT2D eigenvalue weighted by atomic mass is 9.93. The van der Waals surface area contributed by atoms with E-state index in [1.807, 2.05) is 52.0 Å². The summed E-state index contributed by atoms with van der Waals surface area (Å²) in [5.41, 5.74) is 5.19. The van der Waals surface area contributed by atoms with E-state index in [9.17, 15) is 9.59 Å². The van der Waals surface area contributed by atoms with Crippen LogP contribution in [-0.2, 0) is 9.59 Å². The standard InChI is InChI=1S/C22H20O2/c1-13-9-19(10-14(2)21(13)23)17-5-7-18(8-6-17)20-11-15(3)22(24)16(4)12-20/h5-12H,1-4H3. The molecule has 24 heavy (non-hydrogen) atoms. The van der Waals surface area contributed by atoms with Crippen LogP contribution in [0.2, 0.25) is 0 Å². The second kappa shape index (κ2) is 6.04. The smallest absolute Gasteiger partial charge is 0.184 e. The number of rotatable bonds is 0. The predicted molar refractivity (Wildman–Crippen MR) is 97.6 cm³/mol. The molecule has 0 saturated carbocycles. The van der Waals surface area contributed by atoms with E-state index in [0.717, 1.165) is 43.9 Å². The molecule has 2 nitrogen and oxygen atoms in total. The summed E-state index contributed by atoms with van der Waals surface area (Å²) in [6.07, 6.45) is 7.74. The van der Waals surface area contributed by atoms with Gasteiger partial charge in [0.15, 0.2) is 11.6 Å². The molecule has 0 amide bonds. The van der Waals surface area contributed by atoms with Crippen LogP contribution in [0.3, 0.4) is 0 Å². The van der Waals surface area contributed by atoms with Gasteiger partial charge in [-0.1, -0.05) is 24.3 Å². The molecule has 0 radical (unpaired) electrons. The first-order valence-corrected chi connectivity index (χ1v) is 8.04. The van der Waals surface area contributed by atoms with Crippen LogP contribution in [0.25, 0.3) is 11.1 Å². The normalized spacial score (nSPS) is 18.2. The number of carbonyl (C=O) groups excluding carboxylic acids is 2. The van der Waals surface area contributed by atoms with Gasteiger partial charge in [-0.2, -0.15) is 0 Å². The second-order valence-electron chi connectivity index (χ2n) is 6.46. The highest BCUT2D eigenvalue weighted by atomic mass is 16.1. The van der Waals surface area contributed by atoms with Gasteiger partial charge in [0.1, 0.15) is 0 Å². The fraction of sp³-hybridized carbons (Fsp3) is 0.182. The summed E-state index contributed by atoms with van der Waals surface area (Å²) < 4.78 is 0. The van der Waals surface area contributed by atoms with E-state index in [4.69, 9.17) is 0 Å². The number of benzene rings is 1. The van der Waals surface area contributed by atoms with Gasteiger partial charge in [0.05, 0.1) is 0 Å². The summed E-state index contributed by atoms with van der Waals surface area (Å²) in [4.78, 5) is 23.7. The Morgan fingerprint density at radius 2 is 0.750 bits per heavy atom. The average molecular weight is 316 g/mol. The van der Waals surface area contributed by atoms with Crippen LogP contribution in [0, 0.1) is 0 Å². The van der Waals surface area contributed by atoms with Crippen LogP contribution < -0.4 is 10.4 Å². The van der Waals surface area contributed by atoms with Gasteiger partial charge in [0.2, 0.25) is 0 Å². The monoisotopic (exact) mass is 316 g/mol. The largest absolute Gasteiger partial charge is 0.289 e. The maximum Gasteiger partial charge on any atom is 0.184 e. The topological polar surface area (TPSA) is 34.1 Å². The molecule has 0 aromatic heterocycles. The zero-order chi connectivity index (χ0) is 17.4. The predicted octanol–water partition coefficient (Wildman–Crippen LogP) is 2.94. The molecule has 1 aromatic rings. The number of allylic oxidation sites excluding steroid dienone is 8. The number of hydrogen-bond acceptors (Lipinski definition) is 2. The van der Waals surface area contributed by atoms with E-state index in [2.05, 4.69) is 24.3 Å². The third-order valence-corrected chi connectivity index (χ3v) is 4.47. The Balaban J connectivity index is 2.14. The molecule has 0 aliphatic heterocycles. The Kier molecular flexibility index (Phi) is 4.06. The van der Waals surface area contributed by atoms with Crippen molar-refractivity contribution in [2.24, 2.45) is 0 Å². The molecular formula is C22H20O2. The van der Waals surface area contributed by atoms with Crippen LogP contribution in [0.4, 0.5) is 0 Å². The molecule has 0 bridgehead atoms. The highest BCUT2D eigenvalue weighted by molar-refractivity contribution is 6.12. The molecule has 0 atom stereocenters. The van der Waals surface area contributed by atoms with E-state index in [1.165, 1.54) is 0 Å². The molecule has 120 valence electrons. The minimum atomic E-state index is 0.110. The quantitative estimate of drug-likeness (QED) is 0.737. The summed E-state index contributed by atoms with van der Waals surface area (Å²) >= 11 is 0. The van der Waals surface area contributed by atoms with Crippen molar-refractivity contribution in [3.05, 3.63) is 81.3 Å². The van der Waals surface area contributed by atoms with E-state index in [1.54, 1.807) is 0 Å². The van der Waals surface area contributed by atoms with Gasteiger partial charge in [-0.3, -0.25) is 9.59 Å². The lowest BCUT2D eigenvalue weighted by Crippen LogP contribution is -2.15. The molecule has 0 unspecified atom stereocenters. The SMILES string of the molecule is CC1=CC(=c2ccc(=C3C=C(C)C(=O)C(C)=C3)cc2)C=C(C)C1=O. The highest BCUT2D eigenvalue weighted by Crippen LogP contribution is 2.19. The number of ketones is 2. The van der Waals surface area contributed by atoms with E-state index >= 15 is 0 Å². The van der Waals surface area contributed by atoms with Gasteiger partial charge in [-0.25, -0.2) is 0 Å². The van der Waals surface area contributed by atoms with Gasteiger partial charge in [-0.05, 0) is 95.9 Å². The van der Waals surface area contributed by atoms with Crippen molar-refractivity contribution in [1.29, 1.82) is 0 Å². The summed E-state index contributed by atoms with van der Waals surface area (Å²) in [5.74, 6) is 0.220. The molecule has 1 aromatic carbocycles. The number of carbonyl (C=O) groups is 2. The van der Waals surface area contributed by atoms with Gasteiger partial charge >= 0.3 is 0 Å². The van der Waals surface area contributed by atoms with Crippen LogP contribution in [0.15, 0.2) is 70.9 Å². The average Bonchev–Trinajstić information content (AvgIpc) is 2.57. The van der Waals surface area contributed by atoms with Crippen molar-refractivity contribution in [2.75, 3.05) is 0 Å². The Bertz CT molecular complexity index is 854. The minimum absolute atomic E-state index is 0.110. The van der Waals surface area contributed by atoms with Crippen molar-refractivity contribution < 1.29 is 9.59 Å². The molecule has 0 N–H and O–H groups in total. The van der Waals surface area contributed by atoms with Gasteiger partial charge in [0, 0.05) is 0 Å². The third-order valence-electron chi connectivity index (χ3n) is 4.47. The Labute approximate surface area is 141 Å². The van der Waals surface area contributed by atoms with Crippen molar-refractivity contribution in [2.45, 2.75) is 27.7 Å². The summed E-state index contributed by atoms with van der Waals surface area (Å²) in [5, 5.41) is 2.16. The molecule has 0 fully saturated rings. The van der Waals surface area contributed by atoms with Gasteiger partial charge in [-0.15, -0.1) is 0 Å². The minimum Gasteiger partial charge on any atom is -0.289 e. The van der Waals surface area contributed by atoms with E-state index in [0.29, 0.717) is 0 Å². The maximum absolute atomic E-state index is 11.9. The Morgan fingerprint density at radius 1 is 0.500 bits per heavy atom. The zero-order valence-corrected chi connectivity index (χ0v) is 14.4. The van der Waals surface area contributed by atoms with Crippen molar-refractivity contribution in [3.8, 4) is 0 Å². The van der Waals surface area contributed by atoms with Gasteiger partial charge in [0.25, 0.3) is 0 Å². The summed E-state index contributed by atoms with van der Waals surface area (Å²) in [6, 6.07) is 8.24. The third kappa shape index (κ3) is 2.88. The first-order chi connectivity index (χ1) is 11.4. The summed E-state index contributed by atoms with van der Waals surface area (Å²) in [6.45, 7) is 7.40. The maximum atomic E-state index is 11.9. The first kappa shape index (κ1) is 16.1. The molecule has 3 rings (SSSR count). The van der Waals surface area contributed by atoms with E-state index in [-0.39, 0.29) is 11.6 Å². The van der Waals surface area contributed by atoms with E-state index < -0.39 is 0 Å². The van der Waals surface area contributed by atoms with Crippen LogP contribution in [-0.4, -0.2) is 11.6 Å². The number of Topliss-reactive ketones (excluding diaryl/α,β-unsaturated/α-hetero) is 2. The molecule has 0 saturated heterocycles.